The molecule has 174 valence electrons. The Hall–Kier alpha value is -3.15. The highest BCUT2D eigenvalue weighted by Gasteiger charge is 2.45. The summed E-state index contributed by atoms with van der Waals surface area (Å²) in [5.74, 6) is -2.13. The van der Waals surface area contributed by atoms with Gasteiger partial charge in [0.05, 0.1) is 18.8 Å². The van der Waals surface area contributed by atoms with Crippen molar-refractivity contribution in [2.24, 2.45) is 7.05 Å². The van der Waals surface area contributed by atoms with Crippen molar-refractivity contribution in [1.82, 2.24) is 19.7 Å². The molecule has 4 heterocycles. The summed E-state index contributed by atoms with van der Waals surface area (Å²) in [5.41, 5.74) is 0.294. The third-order valence-electron chi connectivity index (χ3n) is 5.21. The molecule has 0 saturated carbocycles. The number of pyridine rings is 1. The smallest absolute Gasteiger partial charge is 0.475 e. The lowest BCUT2D eigenvalue weighted by Gasteiger charge is -2.39. The number of aryl methyl sites for hydroxylation is 1. The predicted molar refractivity (Wildman–Crippen MR) is 104 cm³/mol. The van der Waals surface area contributed by atoms with Crippen LogP contribution in [0, 0.1) is 0 Å². The first-order chi connectivity index (χ1) is 15.1. The first-order valence-corrected chi connectivity index (χ1v) is 9.89. The fourth-order valence-corrected chi connectivity index (χ4v) is 3.77. The Morgan fingerprint density at radius 2 is 2.03 bits per heavy atom. The molecule has 9 nitrogen and oxygen atoms in total. The number of aliphatic carboxylic acids is 1. The quantitative estimate of drug-likeness (QED) is 0.755. The third kappa shape index (κ3) is 5.75. The topological polar surface area (TPSA) is 107 Å². The Kier molecular flexibility index (Phi) is 7.02. The molecule has 2 aromatic rings. The number of halogens is 3. The van der Waals surface area contributed by atoms with Crippen molar-refractivity contribution in [2.75, 3.05) is 19.7 Å². The summed E-state index contributed by atoms with van der Waals surface area (Å²) >= 11 is 0. The number of hydrogen-bond acceptors (Lipinski definition) is 6. The van der Waals surface area contributed by atoms with E-state index in [4.69, 9.17) is 19.4 Å². The minimum Gasteiger partial charge on any atom is -0.475 e. The number of carboxylic acid groups (broad SMARTS) is 1. The molecule has 2 atom stereocenters. The number of alkyl halides is 3. The van der Waals surface area contributed by atoms with Crippen LogP contribution in [0.4, 0.5) is 13.2 Å². The molecular weight excluding hydrogens is 433 g/mol. The number of carbonyl (C=O) groups excluding carboxylic acids is 1. The van der Waals surface area contributed by atoms with Gasteiger partial charge in [-0.15, -0.1) is 0 Å². The molecule has 4 rings (SSSR count). The minimum atomic E-state index is -5.08. The summed E-state index contributed by atoms with van der Waals surface area (Å²) in [6, 6.07) is 7.38. The first kappa shape index (κ1) is 23.5. The van der Waals surface area contributed by atoms with Gasteiger partial charge >= 0.3 is 12.1 Å². The lowest BCUT2D eigenvalue weighted by molar-refractivity contribution is -0.192. The van der Waals surface area contributed by atoms with E-state index >= 15 is 0 Å². The highest BCUT2D eigenvalue weighted by atomic mass is 19.4. The van der Waals surface area contributed by atoms with Crippen LogP contribution in [-0.4, -0.2) is 74.2 Å². The van der Waals surface area contributed by atoms with Crippen molar-refractivity contribution in [1.29, 1.82) is 0 Å². The Morgan fingerprint density at radius 1 is 1.28 bits per heavy atom. The van der Waals surface area contributed by atoms with Gasteiger partial charge in [0.1, 0.15) is 11.8 Å². The number of nitrogens with zero attached hydrogens (tertiary/aromatic N) is 4. The second-order valence-electron chi connectivity index (χ2n) is 7.58. The van der Waals surface area contributed by atoms with E-state index in [1.807, 2.05) is 23.1 Å². The molecule has 0 bridgehead atoms. The van der Waals surface area contributed by atoms with Crippen molar-refractivity contribution in [2.45, 2.75) is 37.1 Å². The van der Waals surface area contributed by atoms with Gasteiger partial charge in [0, 0.05) is 38.5 Å². The van der Waals surface area contributed by atoms with Gasteiger partial charge in [-0.3, -0.25) is 9.48 Å². The summed E-state index contributed by atoms with van der Waals surface area (Å²) in [6.07, 6.45) is 0.913. The molecule has 12 heteroatoms. The van der Waals surface area contributed by atoms with E-state index in [9.17, 15) is 18.0 Å². The van der Waals surface area contributed by atoms with Crippen molar-refractivity contribution in [3.63, 3.8) is 0 Å². The van der Waals surface area contributed by atoms with Crippen LogP contribution < -0.4 is 4.74 Å². The second-order valence-corrected chi connectivity index (χ2v) is 7.58. The SMILES string of the molecule is Cn1nccc1C(=O)N1CCC[C@]2(C[C@H](Oc3ccccn3)CO2)C1.O=C(O)C(F)(F)F. The number of amides is 1. The number of aromatic nitrogens is 3. The molecule has 2 saturated heterocycles. The minimum absolute atomic E-state index is 0.0109. The molecule has 2 aliphatic rings. The van der Waals surface area contributed by atoms with E-state index in [1.165, 1.54) is 0 Å². The molecule has 0 aromatic carbocycles. The van der Waals surface area contributed by atoms with Gasteiger partial charge in [0.2, 0.25) is 5.88 Å². The molecule has 2 aliphatic heterocycles. The van der Waals surface area contributed by atoms with Gasteiger partial charge in [0.15, 0.2) is 0 Å². The number of rotatable bonds is 3. The van der Waals surface area contributed by atoms with Crippen LogP contribution in [-0.2, 0) is 16.6 Å². The molecule has 2 aromatic heterocycles. The van der Waals surface area contributed by atoms with Crippen molar-refractivity contribution >= 4 is 11.9 Å². The van der Waals surface area contributed by atoms with Crippen molar-refractivity contribution < 1.29 is 37.3 Å². The van der Waals surface area contributed by atoms with E-state index < -0.39 is 12.1 Å². The van der Waals surface area contributed by atoms with Crippen LogP contribution in [0.2, 0.25) is 0 Å². The number of likely N-dealkylation sites (tertiary alicyclic amines) is 1. The molecular formula is C20H23F3N4O5. The third-order valence-corrected chi connectivity index (χ3v) is 5.21. The fraction of sp³-hybridized carbons (Fsp3) is 0.500. The predicted octanol–water partition coefficient (Wildman–Crippen LogP) is 2.29. The molecule has 0 unspecified atom stereocenters. The normalized spacial score (nSPS) is 22.9. The second kappa shape index (κ2) is 9.55. The average molecular weight is 456 g/mol. The Labute approximate surface area is 181 Å². The van der Waals surface area contributed by atoms with E-state index in [-0.39, 0.29) is 17.6 Å². The summed E-state index contributed by atoms with van der Waals surface area (Å²) in [7, 11) is 1.79. The Morgan fingerprint density at radius 3 is 2.62 bits per heavy atom. The van der Waals surface area contributed by atoms with Gasteiger partial charge in [-0.1, -0.05) is 6.07 Å². The zero-order chi connectivity index (χ0) is 23.4. The van der Waals surface area contributed by atoms with E-state index in [2.05, 4.69) is 10.1 Å². The molecule has 1 spiro atoms. The zero-order valence-electron chi connectivity index (χ0n) is 17.3. The van der Waals surface area contributed by atoms with Gasteiger partial charge < -0.3 is 19.5 Å². The zero-order valence-corrected chi connectivity index (χ0v) is 17.3. The van der Waals surface area contributed by atoms with E-state index in [1.54, 1.807) is 30.2 Å². The number of carbonyl (C=O) groups is 2. The lowest BCUT2D eigenvalue weighted by atomic mass is 9.89. The maximum atomic E-state index is 12.8. The highest BCUT2D eigenvalue weighted by molar-refractivity contribution is 5.92. The first-order valence-electron chi connectivity index (χ1n) is 9.89. The molecule has 2 fully saturated rings. The summed E-state index contributed by atoms with van der Waals surface area (Å²) in [4.78, 5) is 27.7. The lowest BCUT2D eigenvalue weighted by Crippen LogP contribution is -2.50. The van der Waals surface area contributed by atoms with Crippen LogP contribution in [0.1, 0.15) is 29.8 Å². The van der Waals surface area contributed by atoms with Crippen LogP contribution in [0.5, 0.6) is 5.88 Å². The standard InChI is InChI=1S/C18H22N4O3.C2HF3O2/c1-21-15(6-9-20-21)17(23)22-10-4-7-18(13-22)11-14(12-24-18)25-16-5-2-3-8-19-16;3-2(4,5)1(6)7/h2-3,5-6,8-9,14H,4,7,10-13H2,1H3;(H,6,7)/t14-,18-;/m0./s1. The van der Waals surface area contributed by atoms with Crippen molar-refractivity contribution in [3.05, 3.63) is 42.4 Å². The number of hydrogen-bond donors (Lipinski definition) is 1. The van der Waals surface area contributed by atoms with Gasteiger partial charge in [-0.2, -0.15) is 18.3 Å². The molecule has 1 amide bonds. The van der Waals surface area contributed by atoms with Crippen LogP contribution in [0.15, 0.2) is 36.7 Å². The molecule has 0 aliphatic carbocycles. The average Bonchev–Trinajstić information content (AvgIpc) is 3.34. The Balaban J connectivity index is 0.000000360. The van der Waals surface area contributed by atoms with Crippen LogP contribution >= 0.6 is 0 Å². The summed E-state index contributed by atoms with van der Waals surface area (Å²) in [6.45, 7) is 1.88. The van der Waals surface area contributed by atoms with Gasteiger partial charge in [0.25, 0.3) is 5.91 Å². The van der Waals surface area contributed by atoms with E-state index in [0.29, 0.717) is 24.7 Å². The molecule has 32 heavy (non-hydrogen) atoms. The number of carboxylic acids is 1. The summed E-state index contributed by atoms with van der Waals surface area (Å²) in [5, 5.41) is 11.2. The largest absolute Gasteiger partial charge is 0.490 e. The van der Waals surface area contributed by atoms with Gasteiger partial charge in [-0.05, 0) is 25.0 Å². The molecule has 0 radical (unpaired) electrons. The van der Waals surface area contributed by atoms with E-state index in [0.717, 1.165) is 25.8 Å². The molecule has 1 N–H and O–H groups in total. The van der Waals surface area contributed by atoms with Crippen LogP contribution in [0.25, 0.3) is 0 Å². The van der Waals surface area contributed by atoms with Crippen molar-refractivity contribution in [3.8, 4) is 5.88 Å². The van der Waals surface area contributed by atoms with Gasteiger partial charge in [-0.25, -0.2) is 9.78 Å². The number of ether oxygens (including phenoxy) is 2. The summed E-state index contributed by atoms with van der Waals surface area (Å²) < 4.78 is 45.4. The Bertz CT molecular complexity index is 937. The highest BCUT2D eigenvalue weighted by Crippen LogP contribution is 2.36. The maximum Gasteiger partial charge on any atom is 0.490 e. The number of piperidine rings is 1. The maximum absolute atomic E-state index is 12.8. The monoisotopic (exact) mass is 456 g/mol. The van der Waals surface area contributed by atoms with Crippen LogP contribution in [0.3, 0.4) is 0 Å². The fourth-order valence-electron chi connectivity index (χ4n) is 3.77.